The second-order valence-electron chi connectivity index (χ2n) is 5.32. The lowest BCUT2D eigenvalue weighted by Crippen LogP contribution is -2.62. The maximum atomic E-state index is 10.0. The van der Waals surface area contributed by atoms with Crippen LogP contribution in [0.4, 0.5) is 0 Å². The molecule has 0 aromatic heterocycles. The molecule has 1 heterocycles. The van der Waals surface area contributed by atoms with Crippen molar-refractivity contribution in [2.45, 2.75) is 31.2 Å². The summed E-state index contributed by atoms with van der Waals surface area (Å²) >= 11 is 0. The van der Waals surface area contributed by atoms with Gasteiger partial charge in [0.1, 0.15) is 5.60 Å². The molecule has 3 atom stereocenters. The molecule has 0 aromatic carbocycles. The van der Waals surface area contributed by atoms with E-state index in [0.717, 1.165) is 10.9 Å². The third kappa shape index (κ3) is 2.45. The van der Waals surface area contributed by atoms with Crippen LogP contribution in [0.25, 0.3) is 0 Å². The van der Waals surface area contributed by atoms with E-state index in [1.807, 2.05) is 14.0 Å². The molecule has 4 nitrogen and oxygen atoms in total. The van der Waals surface area contributed by atoms with Crippen molar-refractivity contribution in [1.82, 2.24) is 5.32 Å². The minimum absolute atomic E-state index is 0.110. The van der Waals surface area contributed by atoms with Crippen molar-refractivity contribution in [3.05, 3.63) is 0 Å². The lowest BCUT2D eigenvalue weighted by Gasteiger charge is -2.44. The zero-order valence-electron chi connectivity index (χ0n) is 9.87. The molecule has 1 rings (SSSR count). The number of hydrogen-bond donors (Lipinski definition) is 2. The van der Waals surface area contributed by atoms with Gasteiger partial charge in [-0.2, -0.15) is 0 Å². The molecular weight excluding hydrogens is 180 g/mol. The van der Waals surface area contributed by atoms with Crippen molar-refractivity contribution < 1.29 is 14.3 Å². The Labute approximate surface area is 86.4 Å². The Balaban J connectivity index is 2.67. The Morgan fingerprint density at radius 2 is 2.00 bits per heavy atom. The van der Waals surface area contributed by atoms with Gasteiger partial charge in [0.2, 0.25) is 0 Å². The highest BCUT2D eigenvalue weighted by molar-refractivity contribution is 4.90. The topological polar surface area (TPSA) is 41.5 Å². The van der Waals surface area contributed by atoms with Crippen molar-refractivity contribution in [1.29, 1.82) is 0 Å². The summed E-state index contributed by atoms with van der Waals surface area (Å²) in [5.74, 6) is 0. The number of ether oxygens (including phenoxy) is 1. The molecule has 84 valence electrons. The summed E-state index contributed by atoms with van der Waals surface area (Å²) < 4.78 is 6.44. The van der Waals surface area contributed by atoms with E-state index in [1.165, 1.54) is 0 Å². The van der Waals surface area contributed by atoms with Crippen molar-refractivity contribution in [3.8, 4) is 0 Å². The van der Waals surface area contributed by atoms with Crippen LogP contribution in [-0.4, -0.2) is 62.3 Å². The minimum Gasteiger partial charge on any atom is -0.386 e. The molecular formula is C10H23N2O2+. The molecule has 1 fully saturated rings. The summed E-state index contributed by atoms with van der Waals surface area (Å²) in [6, 6.07) is 0.110. The zero-order valence-corrected chi connectivity index (χ0v) is 9.87. The van der Waals surface area contributed by atoms with E-state index in [2.05, 4.69) is 26.5 Å². The molecule has 1 aliphatic heterocycles. The fourth-order valence-electron chi connectivity index (χ4n) is 1.86. The number of hydrogen-bond acceptors (Lipinski definition) is 3. The second kappa shape index (κ2) is 3.77. The standard InChI is InChI=1S/C10H23N2O2/c1-10(13)7-14-9(12(3,4)5)6-8(10)11-2/h8-9,11,13H,6-7H2,1-5H3/q+1. The molecule has 3 unspecified atom stereocenters. The van der Waals surface area contributed by atoms with Crippen LogP contribution in [0.5, 0.6) is 0 Å². The van der Waals surface area contributed by atoms with Gasteiger partial charge in [0.05, 0.1) is 27.7 Å². The van der Waals surface area contributed by atoms with Gasteiger partial charge in [-0.05, 0) is 14.0 Å². The van der Waals surface area contributed by atoms with E-state index in [0.29, 0.717) is 6.61 Å². The molecule has 1 saturated heterocycles. The van der Waals surface area contributed by atoms with Crippen LogP contribution in [0.1, 0.15) is 13.3 Å². The van der Waals surface area contributed by atoms with Crippen LogP contribution in [0.3, 0.4) is 0 Å². The monoisotopic (exact) mass is 203 g/mol. The summed E-state index contributed by atoms with van der Waals surface area (Å²) in [7, 11) is 8.21. The largest absolute Gasteiger partial charge is 0.386 e. The average Bonchev–Trinajstić information content (AvgIpc) is 2.01. The summed E-state index contributed by atoms with van der Waals surface area (Å²) in [5.41, 5.74) is -0.750. The van der Waals surface area contributed by atoms with E-state index in [-0.39, 0.29) is 12.3 Å². The number of likely N-dealkylation sites (N-methyl/N-ethyl adjacent to an activating group) is 1. The Kier molecular flexibility index (Phi) is 3.21. The van der Waals surface area contributed by atoms with E-state index in [9.17, 15) is 5.11 Å². The molecule has 0 saturated carbocycles. The van der Waals surface area contributed by atoms with Crippen LogP contribution in [0.15, 0.2) is 0 Å². The van der Waals surface area contributed by atoms with Crippen LogP contribution in [-0.2, 0) is 4.74 Å². The number of rotatable bonds is 2. The smallest absolute Gasteiger partial charge is 0.194 e. The lowest BCUT2D eigenvalue weighted by atomic mass is 9.91. The van der Waals surface area contributed by atoms with Gasteiger partial charge in [-0.15, -0.1) is 0 Å². The van der Waals surface area contributed by atoms with Crippen LogP contribution in [0.2, 0.25) is 0 Å². The molecule has 0 aliphatic carbocycles. The van der Waals surface area contributed by atoms with Gasteiger partial charge < -0.3 is 19.6 Å². The van der Waals surface area contributed by atoms with Crippen molar-refractivity contribution in [2.75, 3.05) is 34.8 Å². The van der Waals surface area contributed by atoms with E-state index in [4.69, 9.17) is 4.74 Å². The van der Waals surface area contributed by atoms with E-state index < -0.39 is 5.60 Å². The third-order valence-electron chi connectivity index (χ3n) is 2.97. The van der Waals surface area contributed by atoms with Gasteiger partial charge in [-0.25, -0.2) is 0 Å². The number of aliphatic hydroxyl groups is 1. The molecule has 4 heteroatoms. The minimum atomic E-state index is -0.750. The fraction of sp³-hybridized carbons (Fsp3) is 1.00. The maximum absolute atomic E-state index is 10.0. The molecule has 0 radical (unpaired) electrons. The van der Waals surface area contributed by atoms with Gasteiger partial charge in [0.25, 0.3) is 0 Å². The molecule has 0 bridgehead atoms. The molecule has 2 N–H and O–H groups in total. The fourth-order valence-corrected chi connectivity index (χ4v) is 1.86. The third-order valence-corrected chi connectivity index (χ3v) is 2.97. The van der Waals surface area contributed by atoms with Crippen LogP contribution in [0, 0.1) is 0 Å². The highest BCUT2D eigenvalue weighted by Gasteiger charge is 2.42. The quantitative estimate of drug-likeness (QED) is 0.610. The Bertz CT molecular complexity index is 199. The van der Waals surface area contributed by atoms with Gasteiger partial charge in [0.15, 0.2) is 6.23 Å². The number of nitrogens with one attached hydrogen (secondary N) is 1. The Hall–Kier alpha value is -0.160. The molecule has 0 aromatic rings. The summed E-state index contributed by atoms with van der Waals surface area (Å²) in [6.45, 7) is 2.22. The van der Waals surface area contributed by atoms with Gasteiger partial charge in [0, 0.05) is 12.5 Å². The van der Waals surface area contributed by atoms with Crippen LogP contribution < -0.4 is 5.32 Å². The highest BCUT2D eigenvalue weighted by Crippen LogP contribution is 2.26. The Morgan fingerprint density at radius 3 is 2.43 bits per heavy atom. The first kappa shape index (κ1) is 11.9. The highest BCUT2D eigenvalue weighted by atomic mass is 16.5. The van der Waals surface area contributed by atoms with Crippen molar-refractivity contribution >= 4 is 0 Å². The maximum Gasteiger partial charge on any atom is 0.194 e. The zero-order chi connectivity index (χ0) is 11.0. The van der Waals surface area contributed by atoms with Crippen LogP contribution >= 0.6 is 0 Å². The predicted molar refractivity (Wildman–Crippen MR) is 55.9 cm³/mol. The Morgan fingerprint density at radius 1 is 1.43 bits per heavy atom. The second-order valence-corrected chi connectivity index (χ2v) is 5.32. The molecule has 0 spiro atoms. The first-order valence-electron chi connectivity index (χ1n) is 5.10. The van der Waals surface area contributed by atoms with E-state index in [1.54, 1.807) is 0 Å². The first-order valence-corrected chi connectivity index (χ1v) is 5.10. The van der Waals surface area contributed by atoms with E-state index >= 15 is 0 Å². The van der Waals surface area contributed by atoms with Crippen molar-refractivity contribution in [3.63, 3.8) is 0 Å². The van der Waals surface area contributed by atoms with Crippen molar-refractivity contribution in [2.24, 2.45) is 0 Å². The van der Waals surface area contributed by atoms with Gasteiger partial charge in [-0.3, -0.25) is 0 Å². The number of nitrogens with zero attached hydrogens (tertiary/aromatic N) is 1. The molecule has 14 heavy (non-hydrogen) atoms. The van der Waals surface area contributed by atoms with Gasteiger partial charge >= 0.3 is 0 Å². The summed E-state index contributed by atoms with van der Waals surface area (Å²) in [6.07, 6.45) is 1.00. The summed E-state index contributed by atoms with van der Waals surface area (Å²) in [4.78, 5) is 0. The van der Waals surface area contributed by atoms with Gasteiger partial charge in [-0.1, -0.05) is 0 Å². The number of quaternary nitrogens is 1. The first-order chi connectivity index (χ1) is 6.27. The average molecular weight is 203 g/mol. The molecule has 1 aliphatic rings. The normalized spacial score (nSPS) is 39.9. The SMILES string of the molecule is CNC1CC([N+](C)(C)C)OCC1(C)O. The summed E-state index contributed by atoms with van der Waals surface area (Å²) in [5, 5.41) is 13.2. The lowest BCUT2D eigenvalue weighted by molar-refractivity contribution is -0.922. The molecule has 0 amide bonds. The predicted octanol–water partition coefficient (Wildman–Crippen LogP) is -0.222.